The number of rotatable bonds is 7. The van der Waals surface area contributed by atoms with Crippen molar-refractivity contribution in [1.29, 1.82) is 10.5 Å². The summed E-state index contributed by atoms with van der Waals surface area (Å²) in [5.74, 6) is -0.0424. The van der Waals surface area contributed by atoms with Crippen LogP contribution in [0, 0.1) is 22.7 Å². The molecule has 1 amide bonds. The van der Waals surface area contributed by atoms with Gasteiger partial charge in [-0.1, -0.05) is 49.9 Å². The Hall–Kier alpha value is -4.14. The zero-order chi connectivity index (χ0) is 24.8. The normalized spacial score (nSPS) is 10.4. The zero-order valence-corrected chi connectivity index (χ0v) is 19.9. The van der Waals surface area contributed by atoms with Crippen molar-refractivity contribution in [3.63, 3.8) is 0 Å². The molecule has 0 aliphatic heterocycles. The van der Waals surface area contributed by atoms with Crippen molar-refractivity contribution in [1.82, 2.24) is 4.98 Å². The van der Waals surface area contributed by atoms with Gasteiger partial charge >= 0.3 is 0 Å². The summed E-state index contributed by atoms with van der Waals surface area (Å²) in [6.45, 7) is 5.64. The van der Waals surface area contributed by atoms with E-state index in [1.54, 1.807) is 24.3 Å². The lowest BCUT2D eigenvalue weighted by Crippen LogP contribution is -2.14. The standard InChI is InChI=1S/C26H23N5O2S/c1-15(2)17-4-6-19(7-5-17)24-21(12-27)25(29)31-26(22(24)13-28)34-14-23(33)30-20-10-8-18(9-11-20)16(3)32/h4-11,15H,14H2,1-3H3,(H2,29,31)(H,30,33). The number of ketones is 1. The highest BCUT2D eigenvalue weighted by molar-refractivity contribution is 8.00. The van der Waals surface area contributed by atoms with Crippen LogP contribution in [0.4, 0.5) is 11.5 Å². The Balaban J connectivity index is 1.87. The number of nitrogens with one attached hydrogen (secondary N) is 1. The lowest BCUT2D eigenvalue weighted by molar-refractivity contribution is -0.113. The van der Waals surface area contributed by atoms with Crippen molar-refractivity contribution in [2.24, 2.45) is 0 Å². The van der Waals surface area contributed by atoms with Gasteiger partial charge in [-0.2, -0.15) is 10.5 Å². The van der Waals surface area contributed by atoms with Crippen molar-refractivity contribution in [3.05, 3.63) is 70.8 Å². The molecule has 34 heavy (non-hydrogen) atoms. The number of nitrogens with zero attached hydrogens (tertiary/aromatic N) is 3. The van der Waals surface area contributed by atoms with Gasteiger partial charge in [0.25, 0.3) is 0 Å². The smallest absolute Gasteiger partial charge is 0.234 e. The number of nitrogen functional groups attached to an aromatic ring is 1. The van der Waals surface area contributed by atoms with Gasteiger partial charge in [0.15, 0.2) is 5.78 Å². The minimum atomic E-state index is -0.308. The molecule has 170 valence electrons. The Morgan fingerprint density at radius 3 is 2.18 bits per heavy atom. The third kappa shape index (κ3) is 5.43. The topological polar surface area (TPSA) is 133 Å². The van der Waals surface area contributed by atoms with Crippen LogP contribution in [0.1, 0.15) is 53.7 Å². The van der Waals surface area contributed by atoms with E-state index in [0.717, 1.165) is 17.3 Å². The molecule has 0 spiro atoms. The highest BCUT2D eigenvalue weighted by atomic mass is 32.2. The Morgan fingerprint density at radius 1 is 1.03 bits per heavy atom. The van der Waals surface area contributed by atoms with Crippen molar-refractivity contribution >= 4 is 35.0 Å². The Bertz CT molecular complexity index is 1320. The number of hydrogen-bond acceptors (Lipinski definition) is 7. The molecule has 0 fully saturated rings. The number of benzene rings is 2. The summed E-state index contributed by atoms with van der Waals surface area (Å²) in [6.07, 6.45) is 0. The molecule has 7 nitrogen and oxygen atoms in total. The first-order valence-corrected chi connectivity index (χ1v) is 11.5. The summed E-state index contributed by atoms with van der Waals surface area (Å²) >= 11 is 1.07. The number of nitriles is 2. The fraction of sp³-hybridized carbons (Fsp3) is 0.192. The van der Waals surface area contributed by atoms with Gasteiger partial charge in [-0.25, -0.2) is 4.98 Å². The van der Waals surface area contributed by atoms with E-state index in [4.69, 9.17) is 5.73 Å². The monoisotopic (exact) mass is 469 g/mol. The van der Waals surface area contributed by atoms with Crippen LogP contribution in [0.2, 0.25) is 0 Å². The van der Waals surface area contributed by atoms with Crippen LogP contribution in [0.5, 0.6) is 0 Å². The number of nitrogens with two attached hydrogens (primary N) is 1. The van der Waals surface area contributed by atoms with Crippen molar-refractivity contribution in [2.45, 2.75) is 31.7 Å². The summed E-state index contributed by atoms with van der Waals surface area (Å²) in [6, 6.07) is 18.4. The molecule has 3 rings (SSSR count). The highest BCUT2D eigenvalue weighted by Gasteiger charge is 2.21. The zero-order valence-electron chi connectivity index (χ0n) is 19.0. The molecule has 3 aromatic rings. The molecule has 0 aliphatic rings. The quantitative estimate of drug-likeness (QED) is 0.362. The highest BCUT2D eigenvalue weighted by Crippen LogP contribution is 2.36. The third-order valence-corrected chi connectivity index (χ3v) is 6.17. The van der Waals surface area contributed by atoms with Gasteiger partial charge in [-0.05, 0) is 48.2 Å². The van der Waals surface area contributed by atoms with Crippen LogP contribution < -0.4 is 11.1 Å². The van der Waals surface area contributed by atoms with Crippen LogP contribution in [0.3, 0.4) is 0 Å². The second-order valence-corrected chi connectivity index (χ2v) is 8.86. The van der Waals surface area contributed by atoms with Gasteiger partial charge in [-0.15, -0.1) is 0 Å². The number of hydrogen-bond donors (Lipinski definition) is 2. The maximum absolute atomic E-state index is 12.5. The molecule has 0 saturated heterocycles. The number of amides is 1. The Labute approximate surface area is 202 Å². The van der Waals surface area contributed by atoms with Crippen molar-refractivity contribution < 1.29 is 9.59 Å². The largest absolute Gasteiger partial charge is 0.383 e. The summed E-state index contributed by atoms with van der Waals surface area (Å²) in [5, 5.41) is 22.6. The molecule has 0 bridgehead atoms. The average molecular weight is 470 g/mol. The molecule has 0 radical (unpaired) electrons. The Kier molecular flexibility index (Phi) is 7.68. The lowest BCUT2D eigenvalue weighted by Gasteiger charge is -2.14. The molecule has 0 unspecified atom stereocenters. The van der Waals surface area contributed by atoms with E-state index in [9.17, 15) is 20.1 Å². The van der Waals surface area contributed by atoms with Crippen LogP contribution in [-0.2, 0) is 4.79 Å². The molecule has 1 aromatic heterocycles. The number of anilines is 2. The van der Waals surface area contributed by atoms with Gasteiger partial charge in [0.1, 0.15) is 28.5 Å². The van der Waals surface area contributed by atoms with E-state index in [1.165, 1.54) is 6.92 Å². The molecule has 8 heteroatoms. The maximum Gasteiger partial charge on any atom is 0.234 e. The van der Waals surface area contributed by atoms with Gasteiger partial charge < -0.3 is 11.1 Å². The first-order chi connectivity index (χ1) is 16.2. The van der Waals surface area contributed by atoms with E-state index in [-0.39, 0.29) is 39.4 Å². The molecule has 3 N–H and O–H groups in total. The second-order valence-electron chi connectivity index (χ2n) is 7.90. The van der Waals surface area contributed by atoms with Crippen LogP contribution in [-0.4, -0.2) is 22.4 Å². The molecule has 2 aromatic carbocycles. The molecule has 0 saturated carbocycles. The molecular weight excluding hydrogens is 446 g/mol. The minimum absolute atomic E-state index is 0.00664. The number of carbonyl (C=O) groups excluding carboxylic acids is 2. The summed E-state index contributed by atoms with van der Waals surface area (Å²) in [4.78, 5) is 28.1. The molecule has 0 aliphatic carbocycles. The van der Waals surface area contributed by atoms with Crippen molar-refractivity contribution in [2.75, 3.05) is 16.8 Å². The van der Waals surface area contributed by atoms with E-state index in [0.29, 0.717) is 28.3 Å². The van der Waals surface area contributed by atoms with E-state index in [2.05, 4.69) is 36.3 Å². The first-order valence-electron chi connectivity index (χ1n) is 10.5. The minimum Gasteiger partial charge on any atom is -0.383 e. The van der Waals surface area contributed by atoms with Crippen LogP contribution in [0.25, 0.3) is 11.1 Å². The summed E-state index contributed by atoms with van der Waals surface area (Å²) in [5.41, 5.74) is 9.72. The summed E-state index contributed by atoms with van der Waals surface area (Å²) < 4.78 is 0. The van der Waals surface area contributed by atoms with E-state index < -0.39 is 0 Å². The van der Waals surface area contributed by atoms with E-state index >= 15 is 0 Å². The fourth-order valence-corrected chi connectivity index (χ4v) is 4.14. The van der Waals surface area contributed by atoms with Gasteiger partial charge in [0.05, 0.1) is 11.3 Å². The average Bonchev–Trinajstić information content (AvgIpc) is 2.82. The Morgan fingerprint density at radius 2 is 1.65 bits per heavy atom. The first kappa shape index (κ1) is 24.5. The maximum atomic E-state index is 12.5. The third-order valence-electron chi connectivity index (χ3n) is 5.20. The van der Waals surface area contributed by atoms with Crippen LogP contribution >= 0.6 is 11.8 Å². The van der Waals surface area contributed by atoms with Crippen molar-refractivity contribution in [3.8, 4) is 23.3 Å². The molecular formula is C26H23N5O2S. The predicted molar refractivity (Wildman–Crippen MR) is 133 cm³/mol. The number of thioether (sulfide) groups is 1. The van der Waals surface area contributed by atoms with Gasteiger partial charge in [0.2, 0.25) is 5.91 Å². The molecule has 0 atom stereocenters. The lowest BCUT2D eigenvalue weighted by atomic mass is 9.94. The van der Waals surface area contributed by atoms with Gasteiger partial charge in [0, 0.05) is 16.8 Å². The second kappa shape index (κ2) is 10.7. The SMILES string of the molecule is CC(=O)c1ccc(NC(=O)CSc2nc(N)c(C#N)c(-c3ccc(C(C)C)cc3)c2C#N)cc1. The van der Waals surface area contributed by atoms with Crippen LogP contribution in [0.15, 0.2) is 53.6 Å². The number of Topliss-reactive ketones (excluding diaryl/α,β-unsaturated/α-hetero) is 1. The van der Waals surface area contributed by atoms with Gasteiger partial charge in [-0.3, -0.25) is 9.59 Å². The number of aromatic nitrogens is 1. The molecule has 1 heterocycles. The predicted octanol–water partition coefficient (Wildman–Crippen LogP) is 5.13. The number of carbonyl (C=O) groups is 2. The summed E-state index contributed by atoms with van der Waals surface area (Å²) in [7, 11) is 0. The fourth-order valence-electron chi connectivity index (χ4n) is 3.35. The van der Waals surface area contributed by atoms with E-state index in [1.807, 2.05) is 24.3 Å². The number of pyridine rings is 1.